The summed E-state index contributed by atoms with van der Waals surface area (Å²) in [5.41, 5.74) is 2.53. The normalized spacial score (nSPS) is 18.3. The number of phenols is 1. The van der Waals surface area contributed by atoms with E-state index in [0.717, 1.165) is 37.0 Å². The number of nitrogens with zero attached hydrogens (tertiary/aromatic N) is 2. The molecule has 0 amide bonds. The second-order valence-electron chi connectivity index (χ2n) is 7.55. The van der Waals surface area contributed by atoms with Gasteiger partial charge < -0.3 is 14.9 Å². The van der Waals surface area contributed by atoms with Gasteiger partial charge in [-0.05, 0) is 74.2 Å². The molecule has 0 aromatic heterocycles. The molecule has 0 bridgehead atoms. The fraction of sp³-hybridized carbons (Fsp3) is 0.455. The van der Waals surface area contributed by atoms with Crippen LogP contribution in [0.5, 0.6) is 5.75 Å². The minimum atomic E-state index is 0.349. The molecule has 0 radical (unpaired) electrons. The zero-order chi connectivity index (χ0) is 18.4. The highest BCUT2D eigenvalue weighted by atomic mass is 35.5. The standard InChI is InChI=1S/C22H29ClN2O/c1-24(15-19-4-2-6-22(26)14-19)16-20-5-3-12-25(17-20)13-11-18-7-9-21(23)10-8-18/h2,4,6-10,14,20,26H,3,5,11-13,15-17H2,1H3/t20-/m1/s1. The van der Waals surface area contributed by atoms with Crippen molar-refractivity contribution >= 4 is 11.6 Å². The first-order valence-corrected chi connectivity index (χ1v) is 9.89. The third-order valence-corrected chi connectivity index (χ3v) is 5.42. The van der Waals surface area contributed by atoms with Crippen molar-refractivity contribution < 1.29 is 5.11 Å². The van der Waals surface area contributed by atoms with Gasteiger partial charge >= 0.3 is 0 Å². The lowest BCUT2D eigenvalue weighted by Gasteiger charge is -2.34. The first-order valence-electron chi connectivity index (χ1n) is 9.52. The van der Waals surface area contributed by atoms with E-state index in [2.05, 4.69) is 35.0 Å². The highest BCUT2D eigenvalue weighted by molar-refractivity contribution is 6.30. The molecule has 26 heavy (non-hydrogen) atoms. The Kier molecular flexibility index (Phi) is 6.95. The van der Waals surface area contributed by atoms with Crippen molar-refractivity contribution in [3.63, 3.8) is 0 Å². The summed E-state index contributed by atoms with van der Waals surface area (Å²) in [5, 5.41) is 10.4. The maximum Gasteiger partial charge on any atom is 0.115 e. The molecule has 4 heteroatoms. The maximum atomic E-state index is 9.62. The van der Waals surface area contributed by atoms with Crippen molar-refractivity contribution in [2.24, 2.45) is 5.92 Å². The predicted molar refractivity (Wildman–Crippen MR) is 109 cm³/mol. The van der Waals surface area contributed by atoms with Crippen LogP contribution in [0.2, 0.25) is 5.02 Å². The zero-order valence-electron chi connectivity index (χ0n) is 15.6. The van der Waals surface area contributed by atoms with Crippen LogP contribution < -0.4 is 0 Å². The molecule has 0 aliphatic carbocycles. The van der Waals surface area contributed by atoms with E-state index in [0.29, 0.717) is 5.75 Å². The minimum Gasteiger partial charge on any atom is -0.508 e. The molecule has 1 saturated heterocycles. The van der Waals surface area contributed by atoms with E-state index in [1.807, 2.05) is 24.3 Å². The lowest BCUT2D eigenvalue weighted by atomic mass is 9.97. The summed E-state index contributed by atoms with van der Waals surface area (Å²) in [5.74, 6) is 1.07. The Balaban J connectivity index is 1.44. The maximum absolute atomic E-state index is 9.62. The van der Waals surface area contributed by atoms with E-state index >= 15 is 0 Å². The van der Waals surface area contributed by atoms with Crippen molar-refractivity contribution in [2.75, 3.05) is 33.2 Å². The van der Waals surface area contributed by atoms with Crippen LogP contribution in [0.25, 0.3) is 0 Å². The molecule has 140 valence electrons. The molecule has 3 nitrogen and oxygen atoms in total. The third kappa shape index (κ3) is 6.01. The average molecular weight is 373 g/mol. The molecular formula is C22H29ClN2O. The average Bonchev–Trinajstić information content (AvgIpc) is 2.61. The smallest absolute Gasteiger partial charge is 0.115 e. The molecule has 0 spiro atoms. The molecule has 1 aliphatic rings. The second kappa shape index (κ2) is 9.40. The molecule has 1 heterocycles. The van der Waals surface area contributed by atoms with E-state index in [1.165, 1.54) is 37.1 Å². The Morgan fingerprint density at radius 3 is 2.73 bits per heavy atom. The number of halogens is 1. The number of hydrogen-bond donors (Lipinski definition) is 1. The Bertz CT molecular complexity index is 689. The van der Waals surface area contributed by atoms with E-state index < -0.39 is 0 Å². The summed E-state index contributed by atoms with van der Waals surface area (Å²) in [6.07, 6.45) is 3.68. The predicted octanol–water partition coefficient (Wildman–Crippen LogP) is 4.43. The van der Waals surface area contributed by atoms with Gasteiger partial charge in [-0.25, -0.2) is 0 Å². The van der Waals surface area contributed by atoms with Gasteiger partial charge in [0.05, 0.1) is 0 Å². The highest BCUT2D eigenvalue weighted by Gasteiger charge is 2.21. The lowest BCUT2D eigenvalue weighted by molar-refractivity contribution is 0.142. The van der Waals surface area contributed by atoms with Gasteiger partial charge in [0.25, 0.3) is 0 Å². The summed E-state index contributed by atoms with van der Waals surface area (Å²) < 4.78 is 0. The van der Waals surface area contributed by atoms with Crippen LogP contribution in [-0.4, -0.2) is 48.1 Å². The SMILES string of the molecule is CN(Cc1cccc(O)c1)C[C@H]1CCCN(CCc2ccc(Cl)cc2)C1. The van der Waals surface area contributed by atoms with E-state index in [1.54, 1.807) is 6.07 Å². The topological polar surface area (TPSA) is 26.7 Å². The summed E-state index contributed by atoms with van der Waals surface area (Å²) in [4.78, 5) is 4.98. The van der Waals surface area contributed by atoms with E-state index in [9.17, 15) is 5.11 Å². The van der Waals surface area contributed by atoms with Crippen molar-refractivity contribution in [1.29, 1.82) is 0 Å². The van der Waals surface area contributed by atoms with Crippen LogP contribution in [0.3, 0.4) is 0 Å². The fourth-order valence-electron chi connectivity index (χ4n) is 3.91. The van der Waals surface area contributed by atoms with Crippen molar-refractivity contribution in [2.45, 2.75) is 25.8 Å². The molecule has 3 rings (SSSR count). The minimum absolute atomic E-state index is 0.349. The van der Waals surface area contributed by atoms with Crippen LogP contribution in [0.4, 0.5) is 0 Å². The molecule has 1 atom stereocenters. The molecule has 2 aromatic rings. The summed E-state index contributed by atoms with van der Waals surface area (Å²) in [6.45, 7) is 5.50. The van der Waals surface area contributed by atoms with Gasteiger partial charge in [-0.3, -0.25) is 0 Å². The molecule has 0 unspecified atom stereocenters. The second-order valence-corrected chi connectivity index (χ2v) is 7.99. The van der Waals surface area contributed by atoms with Gasteiger partial charge in [0.1, 0.15) is 5.75 Å². The van der Waals surface area contributed by atoms with Crippen molar-refractivity contribution in [1.82, 2.24) is 9.80 Å². The molecule has 1 N–H and O–H groups in total. The highest BCUT2D eigenvalue weighted by Crippen LogP contribution is 2.20. The fourth-order valence-corrected chi connectivity index (χ4v) is 4.04. The first kappa shape index (κ1) is 19.2. The summed E-state index contributed by atoms with van der Waals surface area (Å²) >= 11 is 5.97. The third-order valence-electron chi connectivity index (χ3n) is 5.17. The summed E-state index contributed by atoms with van der Waals surface area (Å²) in [7, 11) is 2.18. The van der Waals surface area contributed by atoms with Crippen LogP contribution in [0, 0.1) is 5.92 Å². The number of rotatable bonds is 7. The molecule has 0 saturated carbocycles. The van der Waals surface area contributed by atoms with Gasteiger partial charge in [0.15, 0.2) is 0 Å². The molecule has 2 aromatic carbocycles. The zero-order valence-corrected chi connectivity index (χ0v) is 16.3. The van der Waals surface area contributed by atoms with Crippen LogP contribution in [0.1, 0.15) is 24.0 Å². The van der Waals surface area contributed by atoms with Crippen molar-refractivity contribution in [3.8, 4) is 5.75 Å². The monoisotopic (exact) mass is 372 g/mol. The van der Waals surface area contributed by atoms with Gasteiger partial charge in [-0.15, -0.1) is 0 Å². The number of hydrogen-bond acceptors (Lipinski definition) is 3. The first-order chi connectivity index (χ1) is 12.6. The Morgan fingerprint density at radius 1 is 1.15 bits per heavy atom. The number of aromatic hydroxyl groups is 1. The number of phenolic OH excluding ortho intramolecular Hbond substituents is 1. The van der Waals surface area contributed by atoms with Crippen LogP contribution >= 0.6 is 11.6 Å². The van der Waals surface area contributed by atoms with Crippen molar-refractivity contribution in [3.05, 3.63) is 64.7 Å². The molecule has 1 fully saturated rings. The lowest BCUT2D eigenvalue weighted by Crippen LogP contribution is -2.40. The molecule has 1 aliphatic heterocycles. The Morgan fingerprint density at radius 2 is 1.96 bits per heavy atom. The Labute approximate surface area is 162 Å². The van der Waals surface area contributed by atoms with Gasteiger partial charge in [-0.1, -0.05) is 35.9 Å². The van der Waals surface area contributed by atoms with Crippen LogP contribution in [0.15, 0.2) is 48.5 Å². The van der Waals surface area contributed by atoms with E-state index in [-0.39, 0.29) is 0 Å². The summed E-state index contributed by atoms with van der Waals surface area (Å²) in [6, 6.07) is 15.8. The van der Waals surface area contributed by atoms with Gasteiger partial charge in [-0.2, -0.15) is 0 Å². The van der Waals surface area contributed by atoms with Gasteiger partial charge in [0, 0.05) is 31.2 Å². The Hall–Kier alpha value is -1.55. The quantitative estimate of drug-likeness (QED) is 0.778. The van der Waals surface area contributed by atoms with Gasteiger partial charge in [0.2, 0.25) is 0 Å². The number of piperidine rings is 1. The van der Waals surface area contributed by atoms with Crippen LogP contribution in [-0.2, 0) is 13.0 Å². The molecular weight excluding hydrogens is 344 g/mol. The van der Waals surface area contributed by atoms with E-state index in [4.69, 9.17) is 11.6 Å². The number of likely N-dealkylation sites (tertiary alicyclic amines) is 1. The largest absolute Gasteiger partial charge is 0.508 e. The number of benzene rings is 2.